The minimum absolute atomic E-state index is 0.308. The zero-order valence-corrected chi connectivity index (χ0v) is 14.1. The molecule has 1 N–H and O–H groups in total. The Morgan fingerprint density at radius 2 is 1.70 bits per heavy atom. The maximum absolute atomic E-state index is 11.5. The van der Waals surface area contributed by atoms with Crippen LogP contribution in [0.3, 0.4) is 0 Å². The molecule has 0 aliphatic rings. The summed E-state index contributed by atoms with van der Waals surface area (Å²) in [7, 11) is 0. The summed E-state index contributed by atoms with van der Waals surface area (Å²) in [6.45, 7) is 14.7. The first-order valence-electron chi connectivity index (χ1n) is 7.10. The van der Waals surface area contributed by atoms with Crippen LogP contribution >= 0.6 is 0 Å². The van der Waals surface area contributed by atoms with Crippen LogP contribution in [-0.4, -0.2) is 30.4 Å². The van der Waals surface area contributed by atoms with Crippen molar-refractivity contribution >= 4 is 6.09 Å². The van der Waals surface area contributed by atoms with Gasteiger partial charge >= 0.3 is 6.09 Å². The molecule has 4 nitrogen and oxygen atoms in total. The zero-order chi connectivity index (χ0) is 16.2. The molecule has 0 aromatic rings. The Balaban J connectivity index is 0. The number of carbonyl (C=O) groups excluding carboxylic acids is 1. The monoisotopic (exact) mass is 285 g/mol. The predicted molar refractivity (Wildman–Crippen MR) is 83.7 cm³/mol. The zero-order valence-electron chi connectivity index (χ0n) is 14.1. The largest absolute Gasteiger partial charge is 0.444 e. The molecular weight excluding hydrogens is 254 g/mol. The number of rotatable bonds is 5. The highest BCUT2D eigenvalue weighted by atomic mass is 16.6. The third-order valence-corrected chi connectivity index (χ3v) is 2.12. The van der Waals surface area contributed by atoms with Crippen LogP contribution in [0.25, 0.3) is 0 Å². The Labute approximate surface area is 124 Å². The summed E-state index contributed by atoms with van der Waals surface area (Å²) in [4.78, 5) is 11.5. The van der Waals surface area contributed by atoms with E-state index >= 15 is 0 Å². The van der Waals surface area contributed by atoms with Gasteiger partial charge in [-0.25, -0.2) is 4.79 Å². The third kappa shape index (κ3) is 16.8. The molecular formula is C16H31NO3. The molecule has 0 spiro atoms. The van der Waals surface area contributed by atoms with Gasteiger partial charge in [-0.3, -0.25) is 0 Å². The molecule has 0 aliphatic heterocycles. The number of nitrogens with one attached hydrogen (secondary N) is 1. The third-order valence-electron chi connectivity index (χ3n) is 2.12. The van der Waals surface area contributed by atoms with Crippen molar-refractivity contribution in [1.82, 2.24) is 5.32 Å². The molecule has 118 valence electrons. The Kier molecular flexibility index (Phi) is 11.1. The van der Waals surface area contributed by atoms with E-state index in [4.69, 9.17) is 15.9 Å². The lowest BCUT2D eigenvalue weighted by molar-refractivity contribution is 0.0443. The fourth-order valence-electron chi connectivity index (χ4n) is 1.11. The molecule has 0 aromatic carbocycles. The van der Waals surface area contributed by atoms with Gasteiger partial charge in [-0.1, -0.05) is 6.92 Å². The van der Waals surface area contributed by atoms with Gasteiger partial charge in [0.15, 0.2) is 0 Å². The van der Waals surface area contributed by atoms with E-state index in [0.717, 1.165) is 12.8 Å². The van der Waals surface area contributed by atoms with E-state index < -0.39 is 5.60 Å². The van der Waals surface area contributed by atoms with Crippen LogP contribution < -0.4 is 5.32 Å². The lowest BCUT2D eigenvalue weighted by Crippen LogP contribution is -2.46. The number of amides is 1. The lowest BCUT2D eigenvalue weighted by atomic mass is 10.0. The highest BCUT2D eigenvalue weighted by molar-refractivity contribution is 5.68. The molecule has 0 rings (SSSR count). The quantitative estimate of drug-likeness (QED) is 0.618. The Morgan fingerprint density at radius 3 is 2.05 bits per heavy atom. The number of alkyl carbamates (subject to hydrolysis) is 1. The van der Waals surface area contributed by atoms with E-state index in [0.29, 0.717) is 13.2 Å². The molecule has 0 heterocycles. The molecule has 20 heavy (non-hydrogen) atoms. The van der Waals surface area contributed by atoms with Crippen molar-refractivity contribution in [2.45, 2.75) is 72.4 Å². The average molecular weight is 285 g/mol. The first kappa shape index (κ1) is 21.1. The minimum Gasteiger partial charge on any atom is -0.444 e. The molecule has 0 atom stereocenters. The fraction of sp³-hybridized carbons (Fsp3) is 0.812. The summed E-state index contributed by atoms with van der Waals surface area (Å²) in [5.74, 6) is 2.43. The van der Waals surface area contributed by atoms with E-state index in [1.165, 1.54) is 0 Å². The van der Waals surface area contributed by atoms with Crippen molar-refractivity contribution in [3.8, 4) is 12.3 Å². The van der Waals surface area contributed by atoms with Crippen molar-refractivity contribution in [3.05, 3.63) is 0 Å². The second-order valence-corrected chi connectivity index (χ2v) is 6.02. The number of ether oxygens (including phenoxy) is 2. The molecule has 0 fully saturated rings. The van der Waals surface area contributed by atoms with Crippen LogP contribution in [0.15, 0.2) is 0 Å². The van der Waals surface area contributed by atoms with Gasteiger partial charge < -0.3 is 14.8 Å². The predicted octanol–water partition coefficient (Wildman–Crippen LogP) is 3.75. The Bertz CT molecular complexity index is 298. The van der Waals surface area contributed by atoms with Gasteiger partial charge in [0.05, 0.1) is 0 Å². The highest BCUT2D eigenvalue weighted by Gasteiger charge is 2.24. The number of hydrogen-bond acceptors (Lipinski definition) is 3. The van der Waals surface area contributed by atoms with Crippen LogP contribution in [0.5, 0.6) is 0 Å². The molecule has 4 heteroatoms. The van der Waals surface area contributed by atoms with Crippen molar-refractivity contribution in [2.24, 2.45) is 0 Å². The first-order valence-corrected chi connectivity index (χ1v) is 7.10. The van der Waals surface area contributed by atoms with Gasteiger partial charge in [0.1, 0.15) is 5.60 Å². The summed E-state index contributed by atoms with van der Waals surface area (Å²) in [6, 6.07) is 0. The average Bonchev–Trinajstić information content (AvgIpc) is 2.26. The summed E-state index contributed by atoms with van der Waals surface area (Å²) in [5, 5.41) is 2.83. The molecule has 0 aliphatic carbocycles. The van der Waals surface area contributed by atoms with Crippen molar-refractivity contribution in [3.63, 3.8) is 0 Å². The van der Waals surface area contributed by atoms with E-state index in [1.807, 2.05) is 48.5 Å². The van der Waals surface area contributed by atoms with E-state index in [1.54, 1.807) is 0 Å². The standard InChI is InChI=1S/C12H25NO3.C4H6/c1-7-15-9-8-12(5,6)13-10(14)16-11(2,3)4;1-3-4-2/h7-9H2,1-6H3,(H,13,14);1H,4H2,2H3. The van der Waals surface area contributed by atoms with Crippen LogP contribution in [0.4, 0.5) is 4.79 Å². The van der Waals surface area contributed by atoms with Gasteiger partial charge in [0.25, 0.3) is 0 Å². The minimum atomic E-state index is -0.458. The van der Waals surface area contributed by atoms with Crippen molar-refractivity contribution in [2.75, 3.05) is 13.2 Å². The SMILES string of the molecule is C#CCC.CCOCCC(C)(C)NC(=O)OC(C)(C)C. The molecule has 0 unspecified atom stereocenters. The molecule has 0 bridgehead atoms. The van der Waals surface area contributed by atoms with Gasteiger partial charge in [-0.15, -0.1) is 12.3 Å². The van der Waals surface area contributed by atoms with Gasteiger partial charge in [0.2, 0.25) is 0 Å². The van der Waals surface area contributed by atoms with E-state index in [-0.39, 0.29) is 11.6 Å². The summed E-state index contributed by atoms with van der Waals surface area (Å²) >= 11 is 0. The van der Waals surface area contributed by atoms with E-state index in [2.05, 4.69) is 11.2 Å². The number of hydrogen-bond donors (Lipinski definition) is 1. The van der Waals surface area contributed by atoms with Crippen molar-refractivity contribution in [1.29, 1.82) is 0 Å². The normalized spacial score (nSPS) is 10.9. The number of carbonyl (C=O) groups is 1. The van der Waals surface area contributed by atoms with Crippen molar-refractivity contribution < 1.29 is 14.3 Å². The highest BCUT2D eigenvalue weighted by Crippen LogP contribution is 2.12. The van der Waals surface area contributed by atoms with Gasteiger partial charge in [-0.2, -0.15) is 0 Å². The van der Waals surface area contributed by atoms with Crippen LogP contribution in [0.2, 0.25) is 0 Å². The maximum Gasteiger partial charge on any atom is 0.408 e. The van der Waals surface area contributed by atoms with Crippen LogP contribution in [0.1, 0.15) is 61.3 Å². The molecule has 0 saturated heterocycles. The van der Waals surface area contributed by atoms with Crippen LogP contribution in [0, 0.1) is 12.3 Å². The molecule has 0 radical (unpaired) electrons. The second-order valence-electron chi connectivity index (χ2n) is 6.02. The summed E-state index contributed by atoms with van der Waals surface area (Å²) < 4.78 is 10.4. The molecule has 0 saturated carbocycles. The molecule has 0 aromatic heterocycles. The number of terminal acetylenes is 1. The smallest absolute Gasteiger partial charge is 0.408 e. The van der Waals surface area contributed by atoms with Gasteiger partial charge in [-0.05, 0) is 48.0 Å². The first-order chi connectivity index (χ1) is 9.08. The second kappa shape index (κ2) is 10.6. The summed E-state index contributed by atoms with van der Waals surface area (Å²) in [6.07, 6.45) is 6.01. The maximum atomic E-state index is 11.5. The Morgan fingerprint density at radius 1 is 1.20 bits per heavy atom. The summed E-state index contributed by atoms with van der Waals surface area (Å²) in [5.41, 5.74) is -0.766. The molecule has 1 amide bonds. The lowest BCUT2D eigenvalue weighted by Gasteiger charge is -2.28. The fourth-order valence-corrected chi connectivity index (χ4v) is 1.11. The topological polar surface area (TPSA) is 47.6 Å². The van der Waals surface area contributed by atoms with Gasteiger partial charge in [0, 0.05) is 25.2 Å². The Hall–Kier alpha value is -1.21. The van der Waals surface area contributed by atoms with E-state index in [9.17, 15) is 4.79 Å². The van der Waals surface area contributed by atoms with Crippen LogP contribution in [-0.2, 0) is 9.47 Å².